The second-order valence-electron chi connectivity index (χ2n) is 12.2. The summed E-state index contributed by atoms with van der Waals surface area (Å²) in [6.07, 6.45) is 38.5. The van der Waals surface area contributed by atoms with Gasteiger partial charge >= 0.3 is 0 Å². The standard InChI is InChI=1S/C37H65N2/c1-3-5-7-9-11-13-14-15-16-17-18-19-21-23-28-32-38-33-34-39(35-36-29-25-24-26-30-36)37(38)31-27-22-20-12-10-8-6-4-2/h24-26,29-30,33-34H,3-23,27-28,31-32,35H2,1-2H3/q+1. The van der Waals surface area contributed by atoms with Crippen LogP contribution in [0.15, 0.2) is 42.7 Å². The highest BCUT2D eigenvalue weighted by Crippen LogP contribution is 2.15. The van der Waals surface area contributed by atoms with E-state index in [0.29, 0.717) is 0 Å². The highest BCUT2D eigenvalue weighted by Gasteiger charge is 2.17. The smallest absolute Gasteiger partial charge is 0.234 e. The highest BCUT2D eigenvalue weighted by atomic mass is 15.1. The van der Waals surface area contributed by atoms with E-state index in [1.54, 1.807) is 0 Å². The maximum atomic E-state index is 2.58. The van der Waals surface area contributed by atoms with E-state index in [1.165, 1.54) is 172 Å². The molecule has 0 aliphatic heterocycles. The second-order valence-corrected chi connectivity index (χ2v) is 12.2. The summed E-state index contributed by atoms with van der Waals surface area (Å²) in [5.74, 6) is 1.54. The van der Waals surface area contributed by atoms with Crippen LogP contribution in [0.25, 0.3) is 0 Å². The molecule has 0 aliphatic carbocycles. The Morgan fingerprint density at radius 1 is 0.513 bits per heavy atom. The zero-order chi connectivity index (χ0) is 27.6. The van der Waals surface area contributed by atoms with Crippen LogP contribution in [0.1, 0.15) is 173 Å². The van der Waals surface area contributed by atoms with Gasteiger partial charge in [0.2, 0.25) is 0 Å². The van der Waals surface area contributed by atoms with Gasteiger partial charge in [-0.2, -0.15) is 0 Å². The van der Waals surface area contributed by atoms with Gasteiger partial charge in [-0.25, -0.2) is 9.13 Å². The van der Waals surface area contributed by atoms with Crippen molar-refractivity contribution < 1.29 is 4.57 Å². The minimum Gasteiger partial charge on any atom is -0.234 e. The molecular weight excluding hydrogens is 472 g/mol. The maximum absolute atomic E-state index is 2.58. The average Bonchev–Trinajstić information content (AvgIpc) is 3.33. The number of hydrogen-bond acceptors (Lipinski definition) is 0. The molecule has 2 nitrogen and oxygen atoms in total. The van der Waals surface area contributed by atoms with E-state index in [4.69, 9.17) is 0 Å². The largest absolute Gasteiger partial charge is 0.256 e. The molecule has 2 rings (SSSR count). The summed E-state index contributed by atoms with van der Waals surface area (Å²) in [5.41, 5.74) is 1.41. The van der Waals surface area contributed by atoms with Crippen LogP contribution in [-0.4, -0.2) is 4.57 Å². The van der Waals surface area contributed by atoms with Crippen LogP contribution >= 0.6 is 0 Å². The Bertz CT molecular complexity index is 778. The first-order valence-corrected chi connectivity index (χ1v) is 17.5. The number of nitrogens with zero attached hydrogens (tertiary/aromatic N) is 2. The Balaban J connectivity index is 1.61. The third-order valence-corrected chi connectivity index (χ3v) is 8.54. The summed E-state index contributed by atoms with van der Waals surface area (Å²) in [5, 5.41) is 0. The molecule has 1 aromatic carbocycles. The molecule has 0 atom stereocenters. The van der Waals surface area contributed by atoms with Gasteiger partial charge in [-0.15, -0.1) is 0 Å². The summed E-state index contributed by atoms with van der Waals surface area (Å²) in [4.78, 5) is 0. The minimum absolute atomic E-state index is 0.999. The average molecular weight is 538 g/mol. The molecule has 0 radical (unpaired) electrons. The van der Waals surface area contributed by atoms with Crippen molar-refractivity contribution in [1.29, 1.82) is 0 Å². The maximum Gasteiger partial charge on any atom is 0.256 e. The number of aryl methyl sites for hydroxylation is 1. The summed E-state index contributed by atoms with van der Waals surface area (Å²) in [7, 11) is 0. The summed E-state index contributed by atoms with van der Waals surface area (Å²) in [6, 6.07) is 11.0. The van der Waals surface area contributed by atoms with Crippen LogP contribution in [0.4, 0.5) is 0 Å². The zero-order valence-electron chi connectivity index (χ0n) is 26.3. The lowest BCUT2D eigenvalue weighted by atomic mass is 10.0. The van der Waals surface area contributed by atoms with Crippen molar-refractivity contribution in [1.82, 2.24) is 4.57 Å². The first-order valence-electron chi connectivity index (χ1n) is 17.5. The fourth-order valence-electron chi connectivity index (χ4n) is 5.98. The topological polar surface area (TPSA) is 8.81 Å². The Kier molecular flexibility index (Phi) is 20.9. The highest BCUT2D eigenvalue weighted by molar-refractivity contribution is 5.13. The van der Waals surface area contributed by atoms with Crippen molar-refractivity contribution in [3.8, 4) is 0 Å². The molecule has 0 aliphatic rings. The molecule has 2 heteroatoms. The molecule has 0 spiro atoms. The van der Waals surface area contributed by atoms with Crippen molar-refractivity contribution in [2.75, 3.05) is 0 Å². The SMILES string of the molecule is CCCCCCCCCCCCCCCCCn1cc[n+](Cc2ccccc2)c1CCCCCCCCCC. The van der Waals surface area contributed by atoms with Crippen LogP contribution in [-0.2, 0) is 19.5 Å². The molecule has 0 N–H and O–H groups in total. The van der Waals surface area contributed by atoms with Crippen LogP contribution < -0.4 is 4.57 Å². The lowest BCUT2D eigenvalue weighted by Crippen LogP contribution is -2.37. The van der Waals surface area contributed by atoms with Crippen molar-refractivity contribution in [2.45, 2.75) is 181 Å². The number of hydrogen-bond donors (Lipinski definition) is 0. The van der Waals surface area contributed by atoms with Gasteiger partial charge in [0.05, 0.1) is 6.54 Å². The van der Waals surface area contributed by atoms with Crippen molar-refractivity contribution in [2.24, 2.45) is 0 Å². The van der Waals surface area contributed by atoms with E-state index in [2.05, 4.69) is 65.7 Å². The van der Waals surface area contributed by atoms with Gasteiger partial charge in [0.25, 0.3) is 5.82 Å². The Hall–Kier alpha value is -1.57. The molecule has 0 saturated heterocycles. The number of unbranched alkanes of at least 4 members (excludes halogenated alkanes) is 21. The lowest BCUT2D eigenvalue weighted by molar-refractivity contribution is -0.695. The molecular formula is C37H65N2+. The number of rotatable bonds is 27. The van der Waals surface area contributed by atoms with Crippen LogP contribution in [0.3, 0.4) is 0 Å². The Morgan fingerprint density at radius 2 is 0.949 bits per heavy atom. The first kappa shape index (κ1) is 33.6. The van der Waals surface area contributed by atoms with Gasteiger partial charge < -0.3 is 0 Å². The molecule has 0 unspecified atom stereocenters. The van der Waals surface area contributed by atoms with Crippen molar-refractivity contribution >= 4 is 0 Å². The fourth-order valence-corrected chi connectivity index (χ4v) is 5.98. The molecule has 0 bridgehead atoms. The molecule has 39 heavy (non-hydrogen) atoms. The van der Waals surface area contributed by atoms with Gasteiger partial charge in [-0.3, -0.25) is 0 Å². The lowest BCUT2D eigenvalue weighted by Gasteiger charge is -2.07. The van der Waals surface area contributed by atoms with Gasteiger partial charge in [0, 0.05) is 6.42 Å². The normalized spacial score (nSPS) is 11.4. The number of aromatic nitrogens is 2. The van der Waals surface area contributed by atoms with E-state index in [0.717, 1.165) is 6.54 Å². The summed E-state index contributed by atoms with van der Waals surface area (Å²) >= 11 is 0. The van der Waals surface area contributed by atoms with Crippen molar-refractivity contribution in [3.63, 3.8) is 0 Å². The van der Waals surface area contributed by atoms with Gasteiger partial charge in [-0.1, -0.05) is 173 Å². The molecule has 0 fully saturated rings. The molecule has 0 saturated carbocycles. The third kappa shape index (κ3) is 17.0. The first-order chi connectivity index (χ1) is 19.3. The summed E-state index contributed by atoms with van der Waals surface area (Å²) < 4.78 is 5.09. The van der Waals surface area contributed by atoms with Gasteiger partial charge in [-0.05, 0) is 24.8 Å². The fraction of sp³-hybridized carbons (Fsp3) is 0.757. The Morgan fingerprint density at radius 3 is 1.44 bits per heavy atom. The number of benzene rings is 1. The van der Waals surface area contributed by atoms with E-state index in [9.17, 15) is 0 Å². The van der Waals surface area contributed by atoms with E-state index in [-0.39, 0.29) is 0 Å². The second kappa shape index (κ2) is 24.2. The van der Waals surface area contributed by atoms with E-state index >= 15 is 0 Å². The zero-order valence-corrected chi connectivity index (χ0v) is 26.3. The van der Waals surface area contributed by atoms with Crippen LogP contribution in [0, 0.1) is 0 Å². The molecule has 2 aromatic rings. The monoisotopic (exact) mass is 538 g/mol. The quantitative estimate of drug-likeness (QED) is 0.0791. The Labute approximate surface area is 244 Å². The predicted molar refractivity (Wildman–Crippen MR) is 171 cm³/mol. The molecule has 222 valence electrons. The van der Waals surface area contributed by atoms with Gasteiger partial charge in [0.15, 0.2) is 0 Å². The molecule has 1 heterocycles. The van der Waals surface area contributed by atoms with Crippen molar-refractivity contribution in [3.05, 3.63) is 54.1 Å². The molecule has 1 aromatic heterocycles. The van der Waals surface area contributed by atoms with Gasteiger partial charge in [0.1, 0.15) is 18.9 Å². The van der Waals surface area contributed by atoms with Crippen LogP contribution in [0.5, 0.6) is 0 Å². The van der Waals surface area contributed by atoms with E-state index < -0.39 is 0 Å². The minimum atomic E-state index is 0.999. The third-order valence-electron chi connectivity index (χ3n) is 8.54. The summed E-state index contributed by atoms with van der Waals surface area (Å²) in [6.45, 7) is 6.80. The number of imidazole rings is 1. The van der Waals surface area contributed by atoms with E-state index in [1.807, 2.05) is 0 Å². The predicted octanol–water partition coefficient (Wildman–Crippen LogP) is 11.4. The molecule has 0 amide bonds. The van der Waals surface area contributed by atoms with Crippen LogP contribution in [0.2, 0.25) is 0 Å².